The zero-order valence-electron chi connectivity index (χ0n) is 14.8. The molecule has 0 saturated carbocycles. The first kappa shape index (κ1) is 16.5. The van der Waals surface area contributed by atoms with Gasteiger partial charge >= 0.3 is 0 Å². The third kappa shape index (κ3) is 3.12. The monoisotopic (exact) mass is 351 g/mol. The Morgan fingerprint density at radius 3 is 2.81 bits per heavy atom. The van der Waals surface area contributed by atoms with Gasteiger partial charge in [0.2, 0.25) is 5.76 Å². The highest BCUT2D eigenvalue weighted by Gasteiger charge is 2.26. The zero-order chi connectivity index (χ0) is 18.1. The topological polar surface area (TPSA) is 85.8 Å². The molecule has 7 heteroatoms. The van der Waals surface area contributed by atoms with Crippen molar-refractivity contribution in [2.75, 3.05) is 0 Å². The van der Waals surface area contributed by atoms with Gasteiger partial charge in [0, 0.05) is 30.6 Å². The van der Waals surface area contributed by atoms with Gasteiger partial charge in [-0.05, 0) is 12.3 Å². The molecule has 0 radical (unpaired) electrons. The van der Waals surface area contributed by atoms with E-state index in [4.69, 9.17) is 4.52 Å². The van der Waals surface area contributed by atoms with Crippen molar-refractivity contribution in [3.63, 3.8) is 0 Å². The van der Waals surface area contributed by atoms with Crippen molar-refractivity contribution in [2.45, 2.75) is 45.2 Å². The van der Waals surface area contributed by atoms with Crippen LogP contribution in [0.3, 0.4) is 0 Å². The van der Waals surface area contributed by atoms with Crippen molar-refractivity contribution in [2.24, 2.45) is 0 Å². The Hall–Kier alpha value is -2.96. The summed E-state index contributed by atoms with van der Waals surface area (Å²) < 4.78 is 7.27. The predicted molar refractivity (Wildman–Crippen MR) is 95.6 cm³/mol. The molecule has 0 unspecified atom stereocenters. The summed E-state index contributed by atoms with van der Waals surface area (Å²) in [6, 6.07) is 11.7. The molecule has 0 spiro atoms. The summed E-state index contributed by atoms with van der Waals surface area (Å²) in [6.45, 7) is 4.67. The van der Waals surface area contributed by atoms with E-state index in [0.717, 1.165) is 35.7 Å². The Balaban J connectivity index is 1.50. The number of nitrogens with zero attached hydrogens (tertiary/aromatic N) is 4. The van der Waals surface area contributed by atoms with Gasteiger partial charge in [0.1, 0.15) is 5.82 Å². The minimum absolute atomic E-state index is 0.000984. The second kappa shape index (κ2) is 6.74. The lowest BCUT2D eigenvalue weighted by atomic mass is 10.1. The van der Waals surface area contributed by atoms with Gasteiger partial charge in [-0.15, -0.1) is 10.2 Å². The fourth-order valence-corrected chi connectivity index (χ4v) is 3.17. The van der Waals surface area contributed by atoms with E-state index in [1.807, 2.05) is 44.2 Å². The van der Waals surface area contributed by atoms with Crippen molar-refractivity contribution in [1.82, 2.24) is 25.2 Å². The molecular formula is C19H21N5O2. The average Bonchev–Trinajstić information content (AvgIpc) is 3.29. The van der Waals surface area contributed by atoms with Crippen LogP contribution in [0.25, 0.3) is 11.4 Å². The van der Waals surface area contributed by atoms with Crippen LogP contribution in [0.5, 0.6) is 0 Å². The molecule has 7 nitrogen and oxygen atoms in total. The molecule has 3 aromatic rings. The average molecular weight is 351 g/mol. The maximum absolute atomic E-state index is 12.5. The summed E-state index contributed by atoms with van der Waals surface area (Å²) in [4.78, 5) is 12.5. The van der Waals surface area contributed by atoms with E-state index in [1.165, 1.54) is 0 Å². The summed E-state index contributed by atoms with van der Waals surface area (Å²) in [5, 5.41) is 15.6. The number of carbonyl (C=O) groups excluding carboxylic acids is 1. The second-order valence-electron chi connectivity index (χ2n) is 6.90. The third-order valence-electron chi connectivity index (χ3n) is 4.66. The molecule has 1 atom stereocenters. The summed E-state index contributed by atoms with van der Waals surface area (Å²) in [7, 11) is 0. The lowest BCUT2D eigenvalue weighted by Crippen LogP contribution is -2.41. The van der Waals surface area contributed by atoms with E-state index in [-0.39, 0.29) is 23.6 Å². The summed E-state index contributed by atoms with van der Waals surface area (Å²) in [6.07, 6.45) is 1.60. The number of carbonyl (C=O) groups is 1. The Morgan fingerprint density at radius 2 is 2.08 bits per heavy atom. The van der Waals surface area contributed by atoms with Crippen LogP contribution < -0.4 is 5.32 Å². The number of hydrogen-bond donors (Lipinski definition) is 1. The van der Waals surface area contributed by atoms with E-state index in [9.17, 15) is 4.79 Å². The van der Waals surface area contributed by atoms with Gasteiger partial charge in [-0.3, -0.25) is 4.79 Å². The molecule has 26 heavy (non-hydrogen) atoms. The molecular weight excluding hydrogens is 330 g/mol. The Labute approximate surface area is 151 Å². The Morgan fingerprint density at radius 1 is 1.27 bits per heavy atom. The summed E-state index contributed by atoms with van der Waals surface area (Å²) in [5.74, 6) is 2.04. The van der Waals surface area contributed by atoms with Crippen LogP contribution in [-0.4, -0.2) is 31.9 Å². The molecule has 1 aliphatic heterocycles. The molecule has 4 rings (SSSR count). The predicted octanol–water partition coefficient (Wildman–Crippen LogP) is 2.80. The van der Waals surface area contributed by atoms with Gasteiger partial charge in [-0.2, -0.15) is 0 Å². The number of amides is 1. The van der Waals surface area contributed by atoms with Gasteiger partial charge in [0.25, 0.3) is 5.91 Å². The number of benzene rings is 1. The van der Waals surface area contributed by atoms with Crippen LogP contribution in [-0.2, 0) is 13.0 Å². The summed E-state index contributed by atoms with van der Waals surface area (Å²) >= 11 is 0. The number of hydrogen-bond acceptors (Lipinski definition) is 5. The minimum atomic E-state index is -0.229. The van der Waals surface area contributed by atoms with Crippen LogP contribution >= 0.6 is 0 Å². The second-order valence-corrected chi connectivity index (χ2v) is 6.90. The molecule has 2 aromatic heterocycles. The lowest BCUT2D eigenvalue weighted by Gasteiger charge is -2.24. The Bertz CT molecular complexity index is 913. The third-order valence-corrected chi connectivity index (χ3v) is 4.66. The molecule has 0 aliphatic carbocycles. The normalized spacial score (nSPS) is 16.5. The highest BCUT2D eigenvalue weighted by Crippen LogP contribution is 2.23. The first-order valence-corrected chi connectivity index (χ1v) is 8.87. The molecule has 1 N–H and O–H groups in total. The van der Waals surface area contributed by atoms with E-state index < -0.39 is 0 Å². The molecule has 0 saturated heterocycles. The lowest BCUT2D eigenvalue weighted by molar-refractivity contribution is 0.0890. The number of nitrogens with one attached hydrogen (secondary N) is 1. The first-order chi connectivity index (χ1) is 12.6. The van der Waals surface area contributed by atoms with E-state index in [1.54, 1.807) is 6.07 Å². The van der Waals surface area contributed by atoms with E-state index in [0.29, 0.717) is 6.54 Å². The van der Waals surface area contributed by atoms with E-state index >= 15 is 0 Å². The Kier molecular flexibility index (Phi) is 4.28. The number of aryl methyl sites for hydroxylation is 1. The van der Waals surface area contributed by atoms with Crippen LogP contribution in [0.15, 0.2) is 40.9 Å². The standard InChI is InChI=1S/C19H21N5O2/c1-12(2)15-10-16(26-23-15)19(25)20-14-8-9-17-21-22-18(24(17)11-14)13-6-4-3-5-7-13/h3-7,10,12,14H,8-9,11H2,1-2H3,(H,20,25)/t14-/m1/s1. The highest BCUT2D eigenvalue weighted by molar-refractivity contribution is 5.91. The fourth-order valence-electron chi connectivity index (χ4n) is 3.17. The van der Waals surface area contributed by atoms with E-state index in [2.05, 4.69) is 25.2 Å². The van der Waals surface area contributed by atoms with Crippen molar-refractivity contribution >= 4 is 5.91 Å². The molecule has 3 heterocycles. The van der Waals surface area contributed by atoms with Crippen molar-refractivity contribution in [3.8, 4) is 11.4 Å². The fraction of sp³-hybridized carbons (Fsp3) is 0.368. The van der Waals surface area contributed by atoms with Crippen LogP contribution in [0, 0.1) is 0 Å². The maximum atomic E-state index is 12.5. The van der Waals surface area contributed by atoms with Gasteiger partial charge in [0.15, 0.2) is 5.82 Å². The van der Waals surface area contributed by atoms with Crippen LogP contribution in [0.1, 0.15) is 48.3 Å². The number of fused-ring (bicyclic) bond motifs is 1. The van der Waals surface area contributed by atoms with Gasteiger partial charge < -0.3 is 14.4 Å². The minimum Gasteiger partial charge on any atom is -0.351 e. The molecule has 0 bridgehead atoms. The zero-order valence-corrected chi connectivity index (χ0v) is 14.8. The highest BCUT2D eigenvalue weighted by atomic mass is 16.5. The van der Waals surface area contributed by atoms with Crippen LogP contribution in [0.2, 0.25) is 0 Å². The number of aromatic nitrogens is 4. The smallest absolute Gasteiger partial charge is 0.290 e. The molecule has 1 aliphatic rings. The quantitative estimate of drug-likeness (QED) is 0.781. The summed E-state index contributed by atoms with van der Waals surface area (Å²) in [5.41, 5.74) is 1.81. The van der Waals surface area contributed by atoms with Crippen molar-refractivity contribution in [1.29, 1.82) is 0 Å². The van der Waals surface area contributed by atoms with Gasteiger partial charge in [-0.1, -0.05) is 49.3 Å². The maximum Gasteiger partial charge on any atom is 0.290 e. The molecule has 1 amide bonds. The first-order valence-electron chi connectivity index (χ1n) is 8.87. The SMILES string of the molecule is CC(C)c1cc(C(=O)N[C@@H]2CCc3nnc(-c4ccccc4)n3C2)on1. The molecule has 134 valence electrons. The molecule has 1 aromatic carbocycles. The van der Waals surface area contributed by atoms with Crippen molar-refractivity contribution in [3.05, 3.63) is 53.7 Å². The number of rotatable bonds is 4. The van der Waals surface area contributed by atoms with Gasteiger partial charge in [-0.25, -0.2) is 0 Å². The van der Waals surface area contributed by atoms with Gasteiger partial charge in [0.05, 0.1) is 5.69 Å². The molecule has 0 fully saturated rings. The van der Waals surface area contributed by atoms with Crippen LogP contribution in [0.4, 0.5) is 0 Å². The van der Waals surface area contributed by atoms with Crippen molar-refractivity contribution < 1.29 is 9.32 Å². The largest absolute Gasteiger partial charge is 0.351 e.